The highest BCUT2D eigenvalue weighted by Crippen LogP contribution is 2.24. The molecule has 0 fully saturated rings. The monoisotopic (exact) mass is 523 g/mol. The van der Waals surface area contributed by atoms with Crippen LogP contribution in [0, 0.1) is 5.82 Å². The number of hydroxylamine groups is 1. The maximum Gasteiger partial charge on any atom is 0.532 e. The van der Waals surface area contributed by atoms with E-state index >= 15 is 0 Å². The molecular formula is C15H18BrFN6O5PS+. The predicted octanol–water partition coefficient (Wildman–Crippen LogP) is 2.52. The Morgan fingerprint density at radius 1 is 1.43 bits per heavy atom. The van der Waals surface area contributed by atoms with Crippen molar-refractivity contribution in [1.29, 1.82) is 0 Å². The van der Waals surface area contributed by atoms with Crippen molar-refractivity contribution in [3.63, 3.8) is 0 Å². The first kappa shape index (κ1) is 24.3. The molecular weight excluding hydrogens is 506 g/mol. The Hall–Kier alpha value is -1.96. The lowest BCUT2D eigenvalue weighted by Gasteiger charge is -2.03. The number of halogens is 2. The number of hydrogen-bond acceptors (Lipinski definition) is 9. The minimum absolute atomic E-state index is 0.0487. The molecule has 0 saturated carbocycles. The van der Waals surface area contributed by atoms with E-state index in [1.165, 1.54) is 30.0 Å². The maximum atomic E-state index is 13.4. The van der Waals surface area contributed by atoms with Gasteiger partial charge in [-0.25, -0.2) is 14.0 Å². The fraction of sp³-hybridized carbons (Fsp3) is 0.333. The quantitative estimate of drug-likeness (QED) is 0.0653. The molecule has 11 nitrogen and oxygen atoms in total. The van der Waals surface area contributed by atoms with E-state index in [1.807, 2.05) is 5.48 Å². The topological polar surface area (TPSA) is 151 Å². The lowest BCUT2D eigenvalue weighted by molar-refractivity contribution is -0.141. The fourth-order valence-corrected chi connectivity index (χ4v) is 3.91. The lowest BCUT2D eigenvalue weighted by atomic mass is 10.3. The van der Waals surface area contributed by atoms with Crippen LogP contribution in [-0.4, -0.2) is 52.8 Å². The second-order valence-corrected chi connectivity index (χ2v) is 8.44. The zero-order valence-corrected chi connectivity index (χ0v) is 18.9. The summed E-state index contributed by atoms with van der Waals surface area (Å²) >= 11 is 4.27. The number of hydrogen-bond donors (Lipinski definition) is 4. The normalized spacial score (nSPS) is 12.0. The number of rotatable bonds is 11. The average molecular weight is 524 g/mol. The fourth-order valence-electron chi connectivity index (χ4n) is 1.93. The Labute approximate surface area is 184 Å². The van der Waals surface area contributed by atoms with Crippen LogP contribution in [0.15, 0.2) is 37.3 Å². The van der Waals surface area contributed by atoms with Crippen LogP contribution in [0.25, 0.3) is 0 Å². The third kappa shape index (κ3) is 7.70. The zero-order chi connectivity index (χ0) is 21.9. The summed E-state index contributed by atoms with van der Waals surface area (Å²) in [7, 11) is -1.99. The van der Waals surface area contributed by atoms with Gasteiger partial charge >= 0.3 is 14.1 Å². The highest BCUT2D eigenvalue weighted by molar-refractivity contribution is 9.10. The summed E-state index contributed by atoms with van der Waals surface area (Å²) in [5.74, 6) is -0.571. The molecule has 30 heavy (non-hydrogen) atoms. The largest absolute Gasteiger partial charge is 0.532 e. The lowest BCUT2D eigenvalue weighted by Crippen LogP contribution is -2.24. The highest BCUT2D eigenvalue weighted by atomic mass is 79.9. The molecule has 0 aliphatic carbocycles. The molecule has 0 spiro atoms. The van der Waals surface area contributed by atoms with Gasteiger partial charge in [-0.05, 0) is 55.9 Å². The third-order valence-electron chi connectivity index (χ3n) is 3.20. The number of carbonyl (C=O) groups is 1. The number of benzene rings is 1. The summed E-state index contributed by atoms with van der Waals surface area (Å²) in [5.41, 5.74) is 2.42. The first-order chi connectivity index (χ1) is 14.4. The van der Waals surface area contributed by atoms with Gasteiger partial charge in [-0.1, -0.05) is 21.9 Å². The molecule has 1 heterocycles. The van der Waals surface area contributed by atoms with Crippen LogP contribution in [0.4, 0.5) is 10.1 Å². The van der Waals surface area contributed by atoms with E-state index in [0.29, 0.717) is 23.0 Å². The third-order valence-corrected chi connectivity index (χ3v) is 5.71. The second-order valence-electron chi connectivity index (χ2n) is 5.28. The van der Waals surface area contributed by atoms with Gasteiger partial charge in [0.05, 0.1) is 23.3 Å². The van der Waals surface area contributed by atoms with E-state index < -0.39 is 19.9 Å². The minimum atomic E-state index is -1.99. The van der Waals surface area contributed by atoms with E-state index in [1.54, 1.807) is 6.92 Å². The SMILES string of the molecule is CCOC(=O)CN[P+](=O)NCCSc1nonc1C(=Nc1ccc(F)c(Br)c1)NO. The Balaban J connectivity index is 1.89. The summed E-state index contributed by atoms with van der Waals surface area (Å²) in [6, 6.07) is 4.07. The molecule has 4 N–H and O–H groups in total. The number of nitrogens with one attached hydrogen (secondary N) is 3. The highest BCUT2D eigenvalue weighted by Gasteiger charge is 2.20. The molecule has 0 saturated heterocycles. The zero-order valence-electron chi connectivity index (χ0n) is 15.6. The summed E-state index contributed by atoms with van der Waals surface area (Å²) in [6.07, 6.45) is 0. The van der Waals surface area contributed by atoms with Crippen LogP contribution >= 0.6 is 35.8 Å². The summed E-state index contributed by atoms with van der Waals surface area (Å²) < 4.78 is 34.8. The molecule has 1 atom stereocenters. The number of nitrogens with zero attached hydrogens (tertiary/aromatic N) is 3. The van der Waals surface area contributed by atoms with Crippen LogP contribution in [0.1, 0.15) is 12.6 Å². The summed E-state index contributed by atoms with van der Waals surface area (Å²) in [4.78, 5) is 15.4. The van der Waals surface area contributed by atoms with Crippen LogP contribution < -0.4 is 15.7 Å². The predicted molar refractivity (Wildman–Crippen MR) is 110 cm³/mol. The number of ether oxygens (including phenoxy) is 1. The Morgan fingerprint density at radius 3 is 2.93 bits per heavy atom. The molecule has 15 heteroatoms. The minimum Gasteiger partial charge on any atom is -0.465 e. The Bertz CT molecular complexity index is 917. The van der Waals surface area contributed by atoms with E-state index in [0.717, 1.165) is 0 Å². The van der Waals surface area contributed by atoms with Crippen molar-refractivity contribution in [2.24, 2.45) is 4.99 Å². The number of carbonyl (C=O) groups excluding carboxylic acids is 1. The van der Waals surface area contributed by atoms with Crippen molar-refractivity contribution in [3.8, 4) is 0 Å². The summed E-state index contributed by atoms with van der Waals surface area (Å²) in [5, 5.41) is 22.4. The van der Waals surface area contributed by atoms with Crippen molar-refractivity contribution in [1.82, 2.24) is 26.0 Å². The maximum absolute atomic E-state index is 13.4. The first-order valence-electron chi connectivity index (χ1n) is 8.44. The Morgan fingerprint density at radius 2 is 2.23 bits per heavy atom. The van der Waals surface area contributed by atoms with Crippen LogP contribution in [0.2, 0.25) is 0 Å². The van der Waals surface area contributed by atoms with Gasteiger partial charge < -0.3 is 4.74 Å². The van der Waals surface area contributed by atoms with Gasteiger partial charge in [0, 0.05) is 5.75 Å². The number of aromatic nitrogens is 2. The van der Waals surface area contributed by atoms with Gasteiger partial charge in [0.2, 0.25) is 0 Å². The molecule has 162 valence electrons. The number of amidine groups is 1. The van der Waals surface area contributed by atoms with Crippen LogP contribution in [-0.2, 0) is 14.1 Å². The van der Waals surface area contributed by atoms with E-state index in [2.05, 4.69) is 41.4 Å². The summed E-state index contributed by atoms with van der Waals surface area (Å²) in [6.45, 7) is 2.08. The van der Waals surface area contributed by atoms with E-state index in [9.17, 15) is 19.0 Å². The van der Waals surface area contributed by atoms with Crippen molar-refractivity contribution < 1.29 is 28.3 Å². The van der Waals surface area contributed by atoms with Gasteiger partial charge in [0.25, 0.3) is 0 Å². The smallest absolute Gasteiger partial charge is 0.465 e. The van der Waals surface area contributed by atoms with Gasteiger partial charge in [0.1, 0.15) is 12.4 Å². The number of aliphatic imine (C=N–C) groups is 1. The van der Waals surface area contributed by atoms with Gasteiger partial charge in [-0.3, -0.25) is 15.5 Å². The van der Waals surface area contributed by atoms with Crippen LogP contribution in [0.3, 0.4) is 0 Å². The molecule has 1 aromatic carbocycles. The number of thioether (sulfide) groups is 1. The molecule has 2 aromatic rings. The number of esters is 1. The van der Waals surface area contributed by atoms with E-state index in [4.69, 9.17) is 9.37 Å². The van der Waals surface area contributed by atoms with Crippen molar-refractivity contribution >= 4 is 53.3 Å². The first-order valence-corrected chi connectivity index (χ1v) is 11.5. The molecule has 1 unspecified atom stereocenters. The van der Waals surface area contributed by atoms with Crippen LogP contribution in [0.5, 0.6) is 0 Å². The molecule has 0 aliphatic rings. The average Bonchev–Trinajstić information content (AvgIpc) is 3.19. The molecule has 0 bridgehead atoms. The molecule has 0 aliphatic heterocycles. The molecule has 1 aromatic heterocycles. The Kier molecular flexibility index (Phi) is 10.3. The molecule has 0 radical (unpaired) electrons. The van der Waals surface area contributed by atoms with Crippen molar-refractivity contribution in [2.45, 2.75) is 11.9 Å². The second kappa shape index (κ2) is 12.7. The molecule has 0 amide bonds. The van der Waals surface area contributed by atoms with Gasteiger partial charge in [-0.2, -0.15) is 0 Å². The van der Waals surface area contributed by atoms with Gasteiger partial charge in [-0.15, -0.1) is 0 Å². The van der Waals surface area contributed by atoms with E-state index in [-0.39, 0.29) is 29.2 Å². The van der Waals surface area contributed by atoms with Crippen molar-refractivity contribution in [2.75, 3.05) is 25.4 Å². The van der Waals surface area contributed by atoms with Crippen molar-refractivity contribution in [3.05, 3.63) is 34.2 Å². The molecule has 2 rings (SSSR count). The van der Waals surface area contributed by atoms with Gasteiger partial charge in [0.15, 0.2) is 16.6 Å². The standard InChI is InChI=1S/C15H18BrFN6O5PS/c1-2-27-12(24)8-19-29(26)18-5-6-30-15-13(22-28-23-15)14(21-25)20-9-3-4-11(17)10(16)7-9/h3-4,7,25H,2,5-6,8H2,1H3,(H,20,21)(H2,18,19,26)/q+1.